The van der Waals surface area contributed by atoms with Crippen molar-refractivity contribution in [3.63, 3.8) is 0 Å². The maximum atomic E-state index is 12.3. The van der Waals surface area contributed by atoms with E-state index in [2.05, 4.69) is 20.9 Å². The number of aliphatic hydroxyl groups is 1. The lowest BCUT2D eigenvalue weighted by atomic mass is 9.96. The lowest BCUT2D eigenvalue weighted by molar-refractivity contribution is -0.137. The van der Waals surface area contributed by atoms with Gasteiger partial charge in [0.1, 0.15) is 6.23 Å². The summed E-state index contributed by atoms with van der Waals surface area (Å²) in [5.74, 6) is -0.534. The van der Waals surface area contributed by atoms with Crippen LogP contribution in [0.5, 0.6) is 0 Å². The van der Waals surface area contributed by atoms with E-state index >= 15 is 0 Å². The number of aryl methyl sites for hydroxylation is 1. The molecule has 2 fully saturated rings. The van der Waals surface area contributed by atoms with E-state index in [4.69, 9.17) is 4.74 Å². The molecule has 1 aliphatic heterocycles. The van der Waals surface area contributed by atoms with Crippen LogP contribution >= 0.6 is 0 Å². The summed E-state index contributed by atoms with van der Waals surface area (Å²) in [6.45, 7) is 1.95. The molecule has 0 bridgehead atoms. The van der Waals surface area contributed by atoms with Gasteiger partial charge in [-0.2, -0.15) is 0 Å². The standard InChI is InChI=1S/C19H29N5O6/c1-11-10-24(19(29)23-16(11)26)14-9-13(25)15(30-14)17(27)20-7-8-21-18(28)22-12-5-3-2-4-6-12/h10,12-15,25H,2-9H2,1H3,(H,20,27)(H2,21,22,28)(H,23,26,29). The van der Waals surface area contributed by atoms with Gasteiger partial charge in [-0.15, -0.1) is 0 Å². The van der Waals surface area contributed by atoms with Gasteiger partial charge in [-0.3, -0.25) is 19.1 Å². The van der Waals surface area contributed by atoms with E-state index in [1.54, 1.807) is 6.92 Å². The van der Waals surface area contributed by atoms with Crippen LogP contribution in [0.1, 0.15) is 50.3 Å². The van der Waals surface area contributed by atoms with Crippen LogP contribution in [-0.4, -0.2) is 57.9 Å². The third-order valence-corrected chi connectivity index (χ3v) is 5.46. The summed E-state index contributed by atoms with van der Waals surface area (Å²) in [7, 11) is 0. The molecular formula is C19H29N5O6. The van der Waals surface area contributed by atoms with Gasteiger partial charge in [0.15, 0.2) is 6.10 Å². The Morgan fingerprint density at radius 2 is 1.90 bits per heavy atom. The number of ether oxygens (including phenoxy) is 1. The topological polar surface area (TPSA) is 155 Å². The summed E-state index contributed by atoms with van der Waals surface area (Å²) >= 11 is 0. The lowest BCUT2D eigenvalue weighted by Gasteiger charge is -2.23. The van der Waals surface area contributed by atoms with E-state index in [1.807, 2.05) is 0 Å². The first-order valence-electron chi connectivity index (χ1n) is 10.3. The number of hydrogen-bond donors (Lipinski definition) is 5. The van der Waals surface area contributed by atoms with Crippen LogP contribution in [0.2, 0.25) is 0 Å². The average Bonchev–Trinajstić information content (AvgIpc) is 3.10. The Morgan fingerprint density at radius 3 is 2.63 bits per heavy atom. The number of nitrogens with one attached hydrogen (secondary N) is 4. The first kappa shape index (κ1) is 22.0. The molecule has 3 atom stereocenters. The van der Waals surface area contributed by atoms with Gasteiger partial charge in [0.2, 0.25) is 0 Å². The van der Waals surface area contributed by atoms with E-state index in [0.717, 1.165) is 30.3 Å². The quantitative estimate of drug-likeness (QED) is 0.379. The summed E-state index contributed by atoms with van der Waals surface area (Å²) in [6.07, 6.45) is 3.69. The second kappa shape index (κ2) is 9.90. The number of aromatic amines is 1. The smallest absolute Gasteiger partial charge is 0.330 e. The van der Waals surface area contributed by atoms with Crippen LogP contribution in [0, 0.1) is 6.92 Å². The monoisotopic (exact) mass is 423 g/mol. The lowest BCUT2D eigenvalue weighted by Crippen LogP contribution is -2.47. The van der Waals surface area contributed by atoms with Gasteiger partial charge in [-0.1, -0.05) is 19.3 Å². The highest BCUT2D eigenvalue weighted by molar-refractivity contribution is 5.81. The Morgan fingerprint density at radius 1 is 1.20 bits per heavy atom. The molecule has 0 spiro atoms. The van der Waals surface area contributed by atoms with E-state index in [1.165, 1.54) is 12.6 Å². The number of amides is 3. The molecule has 30 heavy (non-hydrogen) atoms. The highest BCUT2D eigenvalue weighted by Crippen LogP contribution is 2.27. The molecule has 1 aliphatic carbocycles. The molecule has 2 aliphatic rings. The molecule has 166 valence electrons. The number of carbonyl (C=O) groups excluding carboxylic acids is 2. The zero-order valence-corrected chi connectivity index (χ0v) is 17.0. The Balaban J connectivity index is 1.43. The van der Waals surface area contributed by atoms with Crippen LogP contribution in [0.4, 0.5) is 4.79 Å². The minimum Gasteiger partial charge on any atom is -0.390 e. The molecule has 1 saturated carbocycles. The summed E-state index contributed by atoms with van der Waals surface area (Å²) in [6, 6.07) is -0.0616. The van der Waals surface area contributed by atoms with Crippen molar-refractivity contribution >= 4 is 11.9 Å². The van der Waals surface area contributed by atoms with Crippen LogP contribution in [-0.2, 0) is 9.53 Å². The van der Waals surface area contributed by atoms with Crippen molar-refractivity contribution in [3.05, 3.63) is 32.6 Å². The minimum atomic E-state index is -1.15. The molecule has 1 aromatic rings. The summed E-state index contributed by atoms with van der Waals surface area (Å²) in [5.41, 5.74) is -0.848. The minimum absolute atomic E-state index is 0.0333. The number of nitrogens with zero attached hydrogens (tertiary/aromatic N) is 1. The zero-order chi connectivity index (χ0) is 21.7. The Labute approximate surface area is 173 Å². The van der Waals surface area contributed by atoms with Crippen LogP contribution in [0.25, 0.3) is 0 Å². The Hall–Kier alpha value is -2.66. The summed E-state index contributed by atoms with van der Waals surface area (Å²) in [4.78, 5) is 49.9. The maximum absolute atomic E-state index is 12.3. The van der Waals surface area contributed by atoms with E-state index in [0.29, 0.717) is 5.56 Å². The number of H-pyrrole nitrogens is 1. The van der Waals surface area contributed by atoms with Gasteiger partial charge < -0.3 is 25.8 Å². The normalized spacial score (nSPS) is 24.4. The number of aliphatic hydroxyl groups excluding tert-OH is 1. The molecule has 1 saturated heterocycles. The number of hydrogen-bond acceptors (Lipinski definition) is 6. The molecule has 3 unspecified atom stereocenters. The third-order valence-electron chi connectivity index (χ3n) is 5.46. The van der Waals surface area contributed by atoms with Crippen molar-refractivity contribution in [1.29, 1.82) is 0 Å². The summed E-state index contributed by atoms with van der Waals surface area (Å²) < 4.78 is 6.71. The van der Waals surface area contributed by atoms with Gasteiger partial charge in [0, 0.05) is 37.3 Å². The second-order valence-electron chi connectivity index (χ2n) is 7.82. The van der Waals surface area contributed by atoms with E-state index in [9.17, 15) is 24.3 Å². The van der Waals surface area contributed by atoms with E-state index in [-0.39, 0.29) is 31.6 Å². The molecule has 0 radical (unpaired) electrons. The molecule has 0 aromatic carbocycles. The molecule has 1 aromatic heterocycles. The molecule has 3 rings (SSSR count). The van der Waals surface area contributed by atoms with Gasteiger partial charge in [0.05, 0.1) is 6.10 Å². The SMILES string of the molecule is Cc1cn(C2CC(O)C(C(=O)NCCNC(=O)NC3CCCCC3)O2)c(=O)[nH]c1=O. The average molecular weight is 423 g/mol. The highest BCUT2D eigenvalue weighted by atomic mass is 16.5. The third kappa shape index (κ3) is 5.48. The van der Waals surface area contributed by atoms with Gasteiger partial charge in [-0.05, 0) is 19.8 Å². The first-order valence-corrected chi connectivity index (χ1v) is 10.3. The first-order chi connectivity index (χ1) is 14.3. The van der Waals surface area contributed by atoms with Gasteiger partial charge in [0.25, 0.3) is 11.5 Å². The second-order valence-corrected chi connectivity index (χ2v) is 7.82. The number of rotatable bonds is 6. The Kier molecular flexibility index (Phi) is 7.27. The number of aromatic nitrogens is 2. The van der Waals surface area contributed by atoms with Crippen molar-refractivity contribution < 1.29 is 19.4 Å². The largest absolute Gasteiger partial charge is 0.390 e. The number of urea groups is 1. The Bertz CT molecular complexity index is 875. The van der Waals surface area contributed by atoms with Crippen LogP contribution in [0.3, 0.4) is 0 Å². The van der Waals surface area contributed by atoms with Gasteiger partial charge in [-0.25, -0.2) is 9.59 Å². The van der Waals surface area contributed by atoms with Gasteiger partial charge >= 0.3 is 11.7 Å². The van der Waals surface area contributed by atoms with Crippen molar-refractivity contribution in [3.8, 4) is 0 Å². The fraction of sp³-hybridized carbons (Fsp3) is 0.684. The molecule has 2 heterocycles. The molecule has 11 heteroatoms. The fourth-order valence-corrected chi connectivity index (χ4v) is 3.81. The van der Waals surface area contributed by atoms with Crippen LogP contribution < -0.4 is 27.2 Å². The predicted molar refractivity (Wildman–Crippen MR) is 107 cm³/mol. The molecule has 5 N–H and O–H groups in total. The van der Waals surface area contributed by atoms with E-state index < -0.39 is 35.6 Å². The highest BCUT2D eigenvalue weighted by Gasteiger charge is 2.40. The summed E-state index contributed by atoms with van der Waals surface area (Å²) in [5, 5.41) is 18.4. The molecule has 3 amide bonds. The maximum Gasteiger partial charge on any atom is 0.330 e. The molecular weight excluding hydrogens is 394 g/mol. The van der Waals surface area contributed by atoms with Crippen molar-refractivity contribution in [2.24, 2.45) is 0 Å². The predicted octanol–water partition coefficient (Wildman–Crippen LogP) is -0.758. The van der Waals surface area contributed by atoms with Crippen molar-refractivity contribution in [2.45, 2.75) is 69.9 Å². The number of carbonyl (C=O) groups is 2. The molecule has 11 nitrogen and oxygen atoms in total. The van der Waals surface area contributed by atoms with Crippen molar-refractivity contribution in [2.75, 3.05) is 13.1 Å². The zero-order valence-electron chi connectivity index (χ0n) is 17.0. The van der Waals surface area contributed by atoms with Crippen molar-refractivity contribution in [1.82, 2.24) is 25.5 Å². The fourth-order valence-electron chi connectivity index (χ4n) is 3.81. The van der Waals surface area contributed by atoms with Crippen LogP contribution in [0.15, 0.2) is 15.8 Å².